The second-order valence-electron chi connectivity index (χ2n) is 5.23. The molecule has 6 nitrogen and oxygen atoms in total. The van der Waals surface area contributed by atoms with Crippen LogP contribution in [-0.4, -0.2) is 24.7 Å². The van der Waals surface area contributed by atoms with Gasteiger partial charge in [0, 0.05) is 17.8 Å². The summed E-state index contributed by atoms with van der Waals surface area (Å²) in [5.74, 6) is 0.719. The van der Waals surface area contributed by atoms with Crippen molar-refractivity contribution in [2.75, 3.05) is 6.54 Å². The van der Waals surface area contributed by atoms with Crippen LogP contribution in [0.4, 0.5) is 0 Å². The number of halogens is 1. The van der Waals surface area contributed by atoms with Gasteiger partial charge in [-0.1, -0.05) is 17.7 Å². The first-order valence-electron chi connectivity index (χ1n) is 7.28. The highest BCUT2D eigenvalue weighted by Gasteiger charge is 2.17. The van der Waals surface area contributed by atoms with Crippen molar-refractivity contribution in [3.63, 3.8) is 0 Å². The molecule has 2 aromatic heterocycles. The van der Waals surface area contributed by atoms with E-state index in [0.29, 0.717) is 17.1 Å². The van der Waals surface area contributed by atoms with Gasteiger partial charge in [-0.15, -0.1) is 0 Å². The third-order valence-electron chi connectivity index (χ3n) is 3.58. The van der Waals surface area contributed by atoms with Crippen LogP contribution in [0.2, 0.25) is 5.02 Å². The Morgan fingerprint density at radius 1 is 1.29 bits per heavy atom. The third kappa shape index (κ3) is 3.53. The second kappa shape index (κ2) is 6.80. The summed E-state index contributed by atoms with van der Waals surface area (Å²) < 4.78 is 34.3. The van der Waals surface area contributed by atoms with Gasteiger partial charge in [0.05, 0.1) is 29.5 Å². The van der Waals surface area contributed by atoms with Crippen LogP contribution in [0.1, 0.15) is 5.56 Å². The van der Waals surface area contributed by atoms with Crippen LogP contribution < -0.4 is 4.72 Å². The van der Waals surface area contributed by atoms with E-state index in [2.05, 4.69) is 9.82 Å². The number of benzene rings is 1. The summed E-state index contributed by atoms with van der Waals surface area (Å²) in [6.45, 7) is 2.30. The molecular formula is C16H16ClN3O3S. The number of rotatable bonds is 6. The van der Waals surface area contributed by atoms with Crippen molar-refractivity contribution in [1.29, 1.82) is 0 Å². The van der Waals surface area contributed by atoms with Crippen LogP contribution in [0.5, 0.6) is 0 Å². The molecule has 8 heteroatoms. The molecule has 0 saturated carbocycles. The smallest absolute Gasteiger partial charge is 0.240 e. The van der Waals surface area contributed by atoms with E-state index in [4.69, 9.17) is 16.0 Å². The van der Waals surface area contributed by atoms with Crippen LogP contribution in [0.25, 0.3) is 11.3 Å². The molecule has 0 atom stereocenters. The van der Waals surface area contributed by atoms with Gasteiger partial charge in [-0.2, -0.15) is 5.10 Å². The first-order valence-corrected chi connectivity index (χ1v) is 9.14. The van der Waals surface area contributed by atoms with Crippen molar-refractivity contribution in [2.24, 2.45) is 0 Å². The molecule has 0 aliphatic heterocycles. The van der Waals surface area contributed by atoms with E-state index < -0.39 is 10.0 Å². The predicted octanol–water partition coefficient (Wildman–Crippen LogP) is 3.08. The zero-order valence-corrected chi connectivity index (χ0v) is 14.5. The Morgan fingerprint density at radius 3 is 2.88 bits per heavy atom. The first-order chi connectivity index (χ1) is 11.5. The molecule has 3 rings (SSSR count). The van der Waals surface area contributed by atoms with Gasteiger partial charge in [0.2, 0.25) is 10.0 Å². The summed E-state index contributed by atoms with van der Waals surface area (Å²) >= 11 is 5.99. The summed E-state index contributed by atoms with van der Waals surface area (Å²) in [6, 6.07) is 8.45. The minimum absolute atomic E-state index is 0.187. The second-order valence-corrected chi connectivity index (χ2v) is 7.37. The van der Waals surface area contributed by atoms with Crippen molar-refractivity contribution < 1.29 is 12.8 Å². The first kappa shape index (κ1) is 16.8. The van der Waals surface area contributed by atoms with Gasteiger partial charge < -0.3 is 4.42 Å². The van der Waals surface area contributed by atoms with Gasteiger partial charge >= 0.3 is 0 Å². The van der Waals surface area contributed by atoms with Crippen molar-refractivity contribution in [3.05, 3.63) is 59.6 Å². The van der Waals surface area contributed by atoms with Gasteiger partial charge in [0.25, 0.3) is 0 Å². The fraction of sp³-hybridized carbons (Fsp3) is 0.188. The molecule has 0 radical (unpaired) electrons. The van der Waals surface area contributed by atoms with Crippen molar-refractivity contribution in [2.45, 2.75) is 18.4 Å². The van der Waals surface area contributed by atoms with Gasteiger partial charge in [0.15, 0.2) is 0 Å². The summed E-state index contributed by atoms with van der Waals surface area (Å²) in [4.78, 5) is 0.187. The highest BCUT2D eigenvalue weighted by Crippen LogP contribution is 2.22. The van der Waals surface area contributed by atoms with Crippen LogP contribution in [0.3, 0.4) is 0 Å². The third-order valence-corrected chi connectivity index (χ3v) is 5.59. The molecule has 0 spiro atoms. The van der Waals surface area contributed by atoms with Gasteiger partial charge in [-0.05, 0) is 36.8 Å². The lowest BCUT2D eigenvalue weighted by Gasteiger charge is -2.10. The Labute approximate surface area is 145 Å². The predicted molar refractivity (Wildman–Crippen MR) is 91.3 cm³/mol. The Balaban J connectivity index is 1.65. The molecule has 126 valence electrons. The topological polar surface area (TPSA) is 77.1 Å². The van der Waals surface area contributed by atoms with Crippen molar-refractivity contribution in [3.8, 4) is 11.3 Å². The fourth-order valence-corrected chi connectivity index (χ4v) is 3.82. The molecular weight excluding hydrogens is 350 g/mol. The quantitative estimate of drug-likeness (QED) is 0.728. The molecule has 3 aromatic rings. The Kier molecular flexibility index (Phi) is 4.75. The lowest BCUT2D eigenvalue weighted by molar-refractivity contribution is 0.560. The Bertz CT molecular complexity index is 933. The van der Waals surface area contributed by atoms with E-state index in [0.717, 1.165) is 11.3 Å². The molecule has 0 bridgehead atoms. The molecule has 1 N–H and O–H groups in total. The van der Waals surface area contributed by atoms with Gasteiger partial charge in [0.1, 0.15) is 5.76 Å². The zero-order valence-electron chi connectivity index (χ0n) is 12.9. The number of nitrogens with one attached hydrogen (secondary N) is 1. The largest absolute Gasteiger partial charge is 0.464 e. The number of aromatic nitrogens is 2. The summed E-state index contributed by atoms with van der Waals surface area (Å²) in [6.07, 6.45) is 5.07. The van der Waals surface area contributed by atoms with Crippen LogP contribution in [0.15, 0.2) is 58.3 Å². The van der Waals surface area contributed by atoms with Crippen LogP contribution in [-0.2, 0) is 16.6 Å². The zero-order chi connectivity index (χ0) is 17.2. The van der Waals surface area contributed by atoms with E-state index in [9.17, 15) is 8.42 Å². The Morgan fingerprint density at radius 2 is 2.12 bits per heavy atom. The molecule has 24 heavy (non-hydrogen) atoms. The standard InChI is InChI=1S/C16H16ClN3O3S/c1-12-14(17)4-2-6-16(12)24(21,22)19-7-8-20-11-13(10-18-20)15-5-3-9-23-15/h2-6,9-11,19H,7-8H2,1H3. The summed E-state index contributed by atoms with van der Waals surface area (Å²) in [5, 5.41) is 4.62. The maximum atomic E-state index is 12.4. The SMILES string of the molecule is Cc1c(Cl)cccc1S(=O)(=O)NCCn1cc(-c2ccco2)cn1. The molecule has 0 aliphatic carbocycles. The van der Waals surface area contributed by atoms with E-state index >= 15 is 0 Å². The van der Waals surface area contributed by atoms with Gasteiger partial charge in [-0.3, -0.25) is 4.68 Å². The number of nitrogens with zero attached hydrogens (tertiary/aromatic N) is 2. The van der Waals surface area contributed by atoms with Crippen LogP contribution in [0, 0.1) is 6.92 Å². The highest BCUT2D eigenvalue weighted by molar-refractivity contribution is 7.89. The van der Waals surface area contributed by atoms with E-state index in [1.165, 1.54) is 6.07 Å². The average molecular weight is 366 g/mol. The fourth-order valence-electron chi connectivity index (χ4n) is 2.31. The molecule has 0 unspecified atom stereocenters. The number of hydrogen-bond donors (Lipinski definition) is 1. The lowest BCUT2D eigenvalue weighted by atomic mass is 10.2. The Hall–Kier alpha value is -2.09. The molecule has 0 fully saturated rings. The van der Waals surface area contributed by atoms with E-state index in [-0.39, 0.29) is 11.4 Å². The van der Waals surface area contributed by atoms with E-state index in [1.54, 1.807) is 48.5 Å². The van der Waals surface area contributed by atoms with Gasteiger partial charge in [-0.25, -0.2) is 13.1 Å². The monoisotopic (exact) mass is 365 g/mol. The maximum absolute atomic E-state index is 12.4. The highest BCUT2D eigenvalue weighted by atomic mass is 35.5. The molecule has 0 saturated heterocycles. The summed E-state index contributed by atoms with van der Waals surface area (Å²) in [7, 11) is -3.61. The minimum Gasteiger partial charge on any atom is -0.464 e. The molecule has 2 heterocycles. The summed E-state index contributed by atoms with van der Waals surface area (Å²) in [5.41, 5.74) is 1.37. The molecule has 0 aliphatic rings. The van der Waals surface area contributed by atoms with E-state index in [1.807, 2.05) is 6.07 Å². The minimum atomic E-state index is -3.61. The average Bonchev–Trinajstić information content (AvgIpc) is 3.20. The van der Waals surface area contributed by atoms with Crippen molar-refractivity contribution in [1.82, 2.24) is 14.5 Å². The molecule has 0 amide bonds. The lowest BCUT2D eigenvalue weighted by Crippen LogP contribution is -2.28. The normalized spacial score (nSPS) is 11.8. The number of hydrogen-bond acceptors (Lipinski definition) is 4. The van der Waals surface area contributed by atoms with Crippen LogP contribution >= 0.6 is 11.6 Å². The maximum Gasteiger partial charge on any atom is 0.240 e. The number of furan rings is 1. The molecule has 1 aromatic carbocycles. The number of sulfonamides is 1. The van der Waals surface area contributed by atoms with Crippen molar-refractivity contribution >= 4 is 21.6 Å².